The number of carbonyl (C=O) groups excluding carboxylic acids is 1. The van der Waals surface area contributed by atoms with Crippen LogP contribution in [0.15, 0.2) is 53.1 Å². The van der Waals surface area contributed by atoms with E-state index in [-0.39, 0.29) is 18.0 Å². The van der Waals surface area contributed by atoms with Gasteiger partial charge in [-0.05, 0) is 49.4 Å². The lowest BCUT2D eigenvalue weighted by atomic mass is 10.1. The van der Waals surface area contributed by atoms with Gasteiger partial charge in [-0.15, -0.1) is 0 Å². The maximum Gasteiger partial charge on any atom is 0.238 e. The maximum absolute atomic E-state index is 12.4. The van der Waals surface area contributed by atoms with Gasteiger partial charge in [-0.3, -0.25) is 4.79 Å². The summed E-state index contributed by atoms with van der Waals surface area (Å²) >= 11 is 0. The first-order chi connectivity index (χ1) is 12.7. The monoisotopic (exact) mass is 352 g/mol. The van der Waals surface area contributed by atoms with Gasteiger partial charge in [0.05, 0.1) is 6.04 Å². The molecule has 0 spiro atoms. The van der Waals surface area contributed by atoms with Crippen LogP contribution >= 0.6 is 0 Å². The molecule has 3 N–H and O–H groups in total. The molecule has 4 rings (SSSR count). The van der Waals surface area contributed by atoms with E-state index in [1.165, 1.54) is 10.9 Å². The van der Waals surface area contributed by atoms with Gasteiger partial charge in [-0.2, -0.15) is 0 Å². The summed E-state index contributed by atoms with van der Waals surface area (Å²) in [5.41, 5.74) is 7.44. The standard InChI is InChI=1S/C20H24N4O2/c1-14-7-8-19(26-14)16-13-17(23-22-16)20(25)21-10-4-11-24-12-9-15-5-2-3-6-18(15)24/h2-3,5-9,12,16-17,22-23H,4,10-11,13H2,1H3,(H,21,25). The summed E-state index contributed by atoms with van der Waals surface area (Å²) in [6.07, 6.45) is 3.68. The van der Waals surface area contributed by atoms with E-state index in [0.29, 0.717) is 13.0 Å². The molecule has 0 saturated carbocycles. The third-order valence-electron chi connectivity index (χ3n) is 4.88. The second-order valence-electron chi connectivity index (χ2n) is 6.79. The quantitative estimate of drug-likeness (QED) is 0.597. The lowest BCUT2D eigenvalue weighted by molar-refractivity contribution is -0.122. The van der Waals surface area contributed by atoms with E-state index in [2.05, 4.69) is 51.2 Å². The highest BCUT2D eigenvalue weighted by Crippen LogP contribution is 2.24. The number of fused-ring (bicyclic) bond motifs is 1. The fourth-order valence-corrected chi connectivity index (χ4v) is 3.48. The van der Waals surface area contributed by atoms with Gasteiger partial charge in [0.1, 0.15) is 17.6 Å². The van der Waals surface area contributed by atoms with E-state index >= 15 is 0 Å². The van der Waals surface area contributed by atoms with Crippen LogP contribution in [0.1, 0.15) is 30.4 Å². The molecular weight excluding hydrogens is 328 g/mol. The van der Waals surface area contributed by atoms with Crippen molar-refractivity contribution in [3.63, 3.8) is 0 Å². The van der Waals surface area contributed by atoms with E-state index in [9.17, 15) is 4.79 Å². The van der Waals surface area contributed by atoms with Crippen molar-refractivity contribution in [3.05, 3.63) is 60.2 Å². The van der Waals surface area contributed by atoms with Gasteiger partial charge in [0, 0.05) is 24.8 Å². The van der Waals surface area contributed by atoms with E-state index in [1.807, 2.05) is 25.1 Å². The number of aryl methyl sites for hydroxylation is 2. The van der Waals surface area contributed by atoms with Crippen molar-refractivity contribution in [1.82, 2.24) is 20.7 Å². The number of benzene rings is 1. The number of furan rings is 1. The predicted molar refractivity (Wildman–Crippen MR) is 100 cm³/mol. The first kappa shape index (κ1) is 16.9. The third-order valence-corrected chi connectivity index (χ3v) is 4.88. The normalized spacial score (nSPS) is 19.9. The summed E-state index contributed by atoms with van der Waals surface area (Å²) in [6, 6.07) is 14.2. The molecule has 0 radical (unpaired) electrons. The molecule has 3 heterocycles. The lowest BCUT2D eigenvalue weighted by Crippen LogP contribution is -2.43. The largest absolute Gasteiger partial charge is 0.465 e. The van der Waals surface area contributed by atoms with Crippen LogP contribution in [0.5, 0.6) is 0 Å². The molecule has 0 bridgehead atoms. The molecule has 1 amide bonds. The first-order valence-corrected chi connectivity index (χ1v) is 9.10. The van der Waals surface area contributed by atoms with Crippen molar-refractivity contribution >= 4 is 16.8 Å². The van der Waals surface area contributed by atoms with Gasteiger partial charge in [0.15, 0.2) is 0 Å². The first-order valence-electron chi connectivity index (χ1n) is 9.10. The zero-order valence-corrected chi connectivity index (χ0v) is 14.9. The van der Waals surface area contributed by atoms with Gasteiger partial charge >= 0.3 is 0 Å². The Kier molecular flexibility index (Phi) is 4.77. The van der Waals surface area contributed by atoms with Crippen LogP contribution in [0.25, 0.3) is 10.9 Å². The average Bonchev–Trinajstić information content (AvgIpc) is 3.38. The molecule has 1 aromatic carbocycles. The molecule has 1 aliphatic rings. The summed E-state index contributed by atoms with van der Waals surface area (Å²) in [5, 5.41) is 4.27. The number of nitrogens with one attached hydrogen (secondary N) is 3. The summed E-state index contributed by atoms with van der Waals surface area (Å²) in [4.78, 5) is 12.4. The van der Waals surface area contributed by atoms with E-state index in [4.69, 9.17) is 4.42 Å². The molecule has 6 nitrogen and oxygen atoms in total. The molecule has 3 aromatic rings. The third kappa shape index (κ3) is 3.52. The van der Waals surface area contributed by atoms with Crippen LogP contribution in [0.3, 0.4) is 0 Å². The lowest BCUT2D eigenvalue weighted by Gasteiger charge is -2.11. The van der Waals surface area contributed by atoms with Gasteiger partial charge in [0.25, 0.3) is 0 Å². The Morgan fingerprint density at radius 2 is 2.12 bits per heavy atom. The van der Waals surface area contributed by atoms with E-state index in [0.717, 1.165) is 24.5 Å². The predicted octanol–water partition coefficient (Wildman–Crippen LogP) is 2.66. The molecular formula is C20H24N4O2. The number of nitrogens with zero attached hydrogens (tertiary/aromatic N) is 1. The van der Waals surface area contributed by atoms with Crippen LogP contribution in [0, 0.1) is 6.92 Å². The molecule has 2 aromatic heterocycles. The molecule has 26 heavy (non-hydrogen) atoms. The number of para-hydroxylation sites is 1. The van der Waals surface area contributed by atoms with Gasteiger partial charge in [-0.25, -0.2) is 10.9 Å². The van der Waals surface area contributed by atoms with Crippen molar-refractivity contribution in [2.45, 2.75) is 38.4 Å². The summed E-state index contributed by atoms with van der Waals surface area (Å²) in [5.74, 6) is 1.78. The summed E-state index contributed by atoms with van der Waals surface area (Å²) in [6.45, 7) is 3.47. The highest BCUT2D eigenvalue weighted by Gasteiger charge is 2.31. The topological polar surface area (TPSA) is 71.2 Å². The van der Waals surface area contributed by atoms with Crippen LogP contribution in [-0.2, 0) is 11.3 Å². The molecule has 1 saturated heterocycles. The van der Waals surface area contributed by atoms with E-state index in [1.54, 1.807) is 0 Å². The molecule has 1 aliphatic heterocycles. The average molecular weight is 352 g/mol. The van der Waals surface area contributed by atoms with Gasteiger partial charge in [0.2, 0.25) is 5.91 Å². The van der Waals surface area contributed by atoms with Crippen molar-refractivity contribution in [2.75, 3.05) is 6.54 Å². The minimum atomic E-state index is -0.238. The molecule has 0 aliphatic carbocycles. The van der Waals surface area contributed by atoms with Gasteiger partial charge in [-0.1, -0.05) is 18.2 Å². The highest BCUT2D eigenvalue weighted by atomic mass is 16.3. The Labute approximate surface area is 152 Å². The zero-order chi connectivity index (χ0) is 17.9. The zero-order valence-electron chi connectivity index (χ0n) is 14.9. The Morgan fingerprint density at radius 1 is 1.23 bits per heavy atom. The Morgan fingerprint density at radius 3 is 2.96 bits per heavy atom. The number of rotatable bonds is 6. The number of aromatic nitrogens is 1. The minimum absolute atomic E-state index is 0.0284. The number of hydrogen-bond donors (Lipinski definition) is 3. The number of carbonyl (C=O) groups is 1. The Bertz CT molecular complexity index is 898. The fourth-order valence-electron chi connectivity index (χ4n) is 3.48. The Balaban J connectivity index is 1.23. The Hall–Kier alpha value is -2.57. The van der Waals surface area contributed by atoms with Crippen LogP contribution < -0.4 is 16.2 Å². The second kappa shape index (κ2) is 7.35. The molecule has 2 atom stereocenters. The number of hydrazine groups is 1. The highest BCUT2D eigenvalue weighted by molar-refractivity contribution is 5.82. The van der Waals surface area contributed by atoms with Crippen molar-refractivity contribution < 1.29 is 9.21 Å². The smallest absolute Gasteiger partial charge is 0.238 e. The van der Waals surface area contributed by atoms with E-state index < -0.39 is 0 Å². The van der Waals surface area contributed by atoms with Gasteiger partial charge < -0.3 is 14.3 Å². The molecule has 6 heteroatoms. The maximum atomic E-state index is 12.4. The van der Waals surface area contributed by atoms with Crippen molar-refractivity contribution in [1.29, 1.82) is 0 Å². The fraction of sp³-hybridized carbons (Fsp3) is 0.350. The summed E-state index contributed by atoms with van der Waals surface area (Å²) in [7, 11) is 0. The summed E-state index contributed by atoms with van der Waals surface area (Å²) < 4.78 is 7.86. The molecule has 136 valence electrons. The van der Waals surface area contributed by atoms with Crippen LogP contribution in [-0.4, -0.2) is 23.1 Å². The number of hydrogen-bond acceptors (Lipinski definition) is 4. The second-order valence-corrected chi connectivity index (χ2v) is 6.79. The minimum Gasteiger partial charge on any atom is -0.465 e. The van der Waals surface area contributed by atoms with Crippen LogP contribution in [0.2, 0.25) is 0 Å². The SMILES string of the molecule is Cc1ccc(C2CC(C(=O)NCCCn3ccc4ccccc43)NN2)o1. The van der Waals surface area contributed by atoms with Crippen molar-refractivity contribution in [3.8, 4) is 0 Å². The van der Waals surface area contributed by atoms with Crippen molar-refractivity contribution in [2.24, 2.45) is 0 Å². The number of amides is 1. The molecule has 1 fully saturated rings. The molecule has 2 unspecified atom stereocenters. The van der Waals surface area contributed by atoms with Crippen LogP contribution in [0.4, 0.5) is 0 Å².